The molecule has 0 radical (unpaired) electrons. The standard InChI is InChI=1S/C17H30N2O4/c1-5-7-8-10-18-16(21)14-15-12(22-17(3,4)23-15)11-19(14)13(20)9-6-2/h12,14-15H,5-11H2,1-4H3,(H,18,21)/t12-,14-,15-/m0/s1. The molecule has 3 atom stereocenters. The number of rotatable bonds is 7. The van der Waals surface area contributed by atoms with Crippen molar-refractivity contribution in [2.75, 3.05) is 13.1 Å². The second-order valence-electron chi connectivity index (χ2n) is 6.88. The van der Waals surface area contributed by atoms with E-state index in [0.717, 1.165) is 25.7 Å². The van der Waals surface area contributed by atoms with Crippen molar-refractivity contribution in [2.45, 2.75) is 83.8 Å². The lowest BCUT2D eigenvalue weighted by Crippen LogP contribution is -2.51. The summed E-state index contributed by atoms with van der Waals surface area (Å²) in [6.07, 6.45) is 3.76. The van der Waals surface area contributed by atoms with Crippen molar-refractivity contribution in [3.63, 3.8) is 0 Å². The number of unbranched alkanes of at least 4 members (excludes halogenated alkanes) is 2. The van der Waals surface area contributed by atoms with Crippen LogP contribution in [0, 0.1) is 0 Å². The van der Waals surface area contributed by atoms with E-state index in [-0.39, 0.29) is 24.0 Å². The van der Waals surface area contributed by atoms with E-state index < -0.39 is 11.8 Å². The molecule has 2 fully saturated rings. The van der Waals surface area contributed by atoms with E-state index in [1.165, 1.54) is 0 Å². The average Bonchev–Trinajstić information content (AvgIpc) is 2.95. The predicted molar refractivity (Wildman–Crippen MR) is 86.8 cm³/mol. The van der Waals surface area contributed by atoms with Crippen LogP contribution in [-0.4, -0.2) is 53.8 Å². The summed E-state index contributed by atoms with van der Waals surface area (Å²) in [6, 6.07) is -0.581. The number of hydrogen-bond acceptors (Lipinski definition) is 4. The van der Waals surface area contributed by atoms with Crippen LogP contribution in [0.3, 0.4) is 0 Å². The molecule has 0 aromatic rings. The third-order valence-corrected chi connectivity index (χ3v) is 4.38. The largest absolute Gasteiger partial charge is 0.354 e. The van der Waals surface area contributed by atoms with E-state index >= 15 is 0 Å². The van der Waals surface area contributed by atoms with E-state index in [1.807, 2.05) is 20.8 Å². The lowest BCUT2D eigenvalue weighted by Gasteiger charge is -2.29. The fourth-order valence-electron chi connectivity index (χ4n) is 3.35. The van der Waals surface area contributed by atoms with Gasteiger partial charge in [-0.15, -0.1) is 0 Å². The highest BCUT2D eigenvalue weighted by Crippen LogP contribution is 2.37. The molecule has 2 saturated heterocycles. The molecule has 0 aromatic heterocycles. The van der Waals surface area contributed by atoms with Gasteiger partial charge >= 0.3 is 0 Å². The van der Waals surface area contributed by atoms with Crippen molar-refractivity contribution in [1.29, 1.82) is 0 Å². The maximum Gasteiger partial charge on any atom is 0.245 e. The summed E-state index contributed by atoms with van der Waals surface area (Å²) in [4.78, 5) is 26.6. The molecule has 6 nitrogen and oxygen atoms in total. The Labute approximate surface area is 138 Å². The van der Waals surface area contributed by atoms with Gasteiger partial charge in [-0.25, -0.2) is 0 Å². The van der Waals surface area contributed by atoms with Gasteiger partial charge < -0.3 is 19.7 Å². The zero-order valence-electron chi connectivity index (χ0n) is 14.8. The molecular formula is C17H30N2O4. The quantitative estimate of drug-likeness (QED) is 0.725. The summed E-state index contributed by atoms with van der Waals surface area (Å²) < 4.78 is 11.8. The maximum absolute atomic E-state index is 12.6. The van der Waals surface area contributed by atoms with Crippen LogP contribution in [0.4, 0.5) is 0 Å². The highest BCUT2D eigenvalue weighted by Gasteiger charge is 2.56. The molecule has 6 heteroatoms. The molecule has 132 valence electrons. The molecule has 0 saturated carbocycles. The number of carbonyl (C=O) groups is 2. The van der Waals surface area contributed by atoms with Crippen molar-refractivity contribution >= 4 is 11.8 Å². The van der Waals surface area contributed by atoms with Gasteiger partial charge in [0, 0.05) is 13.0 Å². The van der Waals surface area contributed by atoms with Gasteiger partial charge in [0.05, 0.1) is 6.54 Å². The summed E-state index contributed by atoms with van der Waals surface area (Å²) in [7, 11) is 0. The first-order valence-electron chi connectivity index (χ1n) is 8.82. The highest BCUT2D eigenvalue weighted by atomic mass is 16.8. The number of fused-ring (bicyclic) bond motifs is 1. The van der Waals surface area contributed by atoms with Crippen LogP contribution in [0.5, 0.6) is 0 Å². The van der Waals surface area contributed by atoms with E-state index in [0.29, 0.717) is 19.5 Å². The van der Waals surface area contributed by atoms with Gasteiger partial charge in [0.1, 0.15) is 18.2 Å². The Balaban J connectivity index is 2.05. The molecule has 2 aliphatic rings. The van der Waals surface area contributed by atoms with E-state index in [9.17, 15) is 9.59 Å². The summed E-state index contributed by atoms with van der Waals surface area (Å²) in [6.45, 7) is 8.85. The Morgan fingerprint density at radius 3 is 2.57 bits per heavy atom. The molecule has 2 aliphatic heterocycles. The Morgan fingerprint density at radius 2 is 1.91 bits per heavy atom. The number of likely N-dealkylation sites (tertiary alicyclic amines) is 1. The number of hydrogen-bond donors (Lipinski definition) is 1. The van der Waals surface area contributed by atoms with Crippen molar-refractivity contribution in [3.05, 3.63) is 0 Å². The minimum atomic E-state index is -0.698. The van der Waals surface area contributed by atoms with Gasteiger partial charge in [0.25, 0.3) is 0 Å². The first-order valence-corrected chi connectivity index (χ1v) is 8.82. The monoisotopic (exact) mass is 326 g/mol. The fourth-order valence-corrected chi connectivity index (χ4v) is 3.35. The molecular weight excluding hydrogens is 296 g/mol. The van der Waals surface area contributed by atoms with Crippen LogP contribution >= 0.6 is 0 Å². The molecule has 0 aliphatic carbocycles. The number of ether oxygens (including phenoxy) is 2. The zero-order valence-corrected chi connectivity index (χ0v) is 14.8. The van der Waals surface area contributed by atoms with Crippen molar-refractivity contribution < 1.29 is 19.1 Å². The Bertz CT molecular complexity index is 438. The molecule has 0 unspecified atom stereocenters. The fraction of sp³-hybridized carbons (Fsp3) is 0.882. The zero-order chi connectivity index (χ0) is 17.0. The predicted octanol–water partition coefficient (Wildman–Crippen LogP) is 1.82. The third-order valence-electron chi connectivity index (χ3n) is 4.38. The summed E-state index contributed by atoms with van der Waals surface area (Å²) in [5.74, 6) is -0.823. The molecule has 23 heavy (non-hydrogen) atoms. The van der Waals surface area contributed by atoms with Crippen LogP contribution in [0.2, 0.25) is 0 Å². The Kier molecular flexibility index (Phi) is 6.03. The molecule has 1 N–H and O–H groups in total. The van der Waals surface area contributed by atoms with Gasteiger partial charge in [0.2, 0.25) is 11.8 Å². The minimum absolute atomic E-state index is 0.000569. The number of nitrogens with zero attached hydrogens (tertiary/aromatic N) is 1. The number of nitrogens with one attached hydrogen (secondary N) is 1. The lowest BCUT2D eigenvalue weighted by molar-refractivity contribution is -0.170. The van der Waals surface area contributed by atoms with Gasteiger partial charge in [-0.05, 0) is 26.7 Å². The van der Waals surface area contributed by atoms with E-state index in [4.69, 9.17) is 9.47 Å². The second kappa shape index (κ2) is 7.62. The summed E-state index contributed by atoms with van der Waals surface area (Å²) in [5, 5.41) is 2.96. The van der Waals surface area contributed by atoms with Crippen LogP contribution in [0.1, 0.15) is 59.8 Å². The number of carbonyl (C=O) groups excluding carboxylic acids is 2. The normalized spacial score (nSPS) is 28.7. The molecule has 0 aromatic carbocycles. The van der Waals surface area contributed by atoms with Gasteiger partial charge in [0.15, 0.2) is 5.79 Å². The van der Waals surface area contributed by atoms with Crippen molar-refractivity contribution in [1.82, 2.24) is 10.2 Å². The molecule has 0 spiro atoms. The van der Waals surface area contributed by atoms with Crippen molar-refractivity contribution in [2.24, 2.45) is 0 Å². The van der Waals surface area contributed by atoms with Gasteiger partial charge in [-0.2, -0.15) is 0 Å². The molecule has 2 rings (SSSR count). The minimum Gasteiger partial charge on any atom is -0.354 e. The van der Waals surface area contributed by atoms with Crippen LogP contribution < -0.4 is 5.32 Å². The van der Waals surface area contributed by atoms with Gasteiger partial charge in [-0.1, -0.05) is 26.7 Å². The summed E-state index contributed by atoms with van der Waals surface area (Å²) in [5.41, 5.74) is 0. The lowest BCUT2D eigenvalue weighted by atomic mass is 10.1. The first kappa shape index (κ1) is 18.2. The molecule has 0 bridgehead atoms. The average molecular weight is 326 g/mol. The second-order valence-corrected chi connectivity index (χ2v) is 6.88. The van der Waals surface area contributed by atoms with E-state index in [1.54, 1.807) is 4.90 Å². The maximum atomic E-state index is 12.6. The van der Waals surface area contributed by atoms with Crippen LogP contribution in [-0.2, 0) is 19.1 Å². The van der Waals surface area contributed by atoms with Crippen LogP contribution in [0.15, 0.2) is 0 Å². The summed E-state index contributed by atoms with van der Waals surface area (Å²) >= 11 is 0. The Morgan fingerprint density at radius 1 is 1.17 bits per heavy atom. The highest BCUT2D eigenvalue weighted by molar-refractivity contribution is 5.89. The third kappa shape index (κ3) is 4.23. The first-order chi connectivity index (χ1) is 10.9. The topological polar surface area (TPSA) is 67.9 Å². The molecule has 2 heterocycles. The van der Waals surface area contributed by atoms with E-state index in [2.05, 4.69) is 12.2 Å². The van der Waals surface area contributed by atoms with Gasteiger partial charge in [-0.3, -0.25) is 9.59 Å². The molecule has 2 amide bonds. The Hall–Kier alpha value is -1.14. The van der Waals surface area contributed by atoms with Crippen LogP contribution in [0.25, 0.3) is 0 Å². The smallest absolute Gasteiger partial charge is 0.245 e. The number of amides is 2. The van der Waals surface area contributed by atoms with Crippen molar-refractivity contribution in [3.8, 4) is 0 Å². The SMILES string of the molecule is CCCCCNC(=O)[C@@H]1[C@H]2OC(C)(C)O[C@H]2CN1C(=O)CCC.